The lowest BCUT2D eigenvalue weighted by Crippen LogP contribution is -2.39. The Kier molecular flexibility index (Phi) is 4.73. The maximum atomic E-state index is 12.3. The first-order chi connectivity index (χ1) is 10.8. The van der Waals surface area contributed by atoms with E-state index in [0.29, 0.717) is 18.9 Å². The van der Waals surface area contributed by atoms with E-state index in [9.17, 15) is 4.79 Å². The van der Waals surface area contributed by atoms with Gasteiger partial charge in [0.1, 0.15) is 5.75 Å². The van der Waals surface area contributed by atoms with Crippen LogP contribution in [0.5, 0.6) is 5.75 Å². The van der Waals surface area contributed by atoms with E-state index in [4.69, 9.17) is 4.74 Å². The number of nitrogens with one attached hydrogen (secondary N) is 1. The van der Waals surface area contributed by atoms with E-state index in [1.54, 1.807) is 6.20 Å². The number of piperidine rings is 1. The third kappa shape index (κ3) is 3.67. The van der Waals surface area contributed by atoms with Crippen molar-refractivity contribution in [3.05, 3.63) is 48.3 Å². The van der Waals surface area contributed by atoms with Crippen molar-refractivity contribution < 1.29 is 9.53 Å². The average molecular weight is 299 g/mol. The number of amides is 1. The Hall–Kier alpha value is -2.30. The van der Waals surface area contributed by atoms with Gasteiger partial charge in [-0.15, -0.1) is 0 Å². The number of hydrogen-bond acceptors (Lipinski definition) is 3. The molecule has 5 nitrogen and oxygen atoms in total. The van der Waals surface area contributed by atoms with E-state index in [0.717, 1.165) is 37.4 Å². The number of carbonyl (C=O) groups excluding carboxylic acids is 1. The molecule has 1 saturated heterocycles. The van der Waals surface area contributed by atoms with Gasteiger partial charge in [0, 0.05) is 30.9 Å². The standard InChI is InChI=1S/C17H21N3O2/c21-17(9-12-22-15-6-2-1-3-7-15)20-11-4-5-14(13-20)16-8-10-18-19-16/h1-3,6-8,10,14H,4-5,9,11-13H2,(H,18,19)/t14-/m0/s1. The fourth-order valence-electron chi connectivity index (χ4n) is 2.88. The molecule has 1 aromatic carbocycles. The van der Waals surface area contributed by atoms with Crippen LogP contribution in [0.15, 0.2) is 42.6 Å². The molecule has 0 aliphatic carbocycles. The second-order valence-corrected chi connectivity index (χ2v) is 5.60. The predicted octanol–water partition coefficient (Wildman–Crippen LogP) is 2.58. The predicted molar refractivity (Wildman–Crippen MR) is 83.7 cm³/mol. The summed E-state index contributed by atoms with van der Waals surface area (Å²) in [6.07, 6.45) is 4.33. The number of likely N-dealkylation sites (tertiary alicyclic amines) is 1. The molecule has 0 unspecified atom stereocenters. The first-order valence-corrected chi connectivity index (χ1v) is 7.78. The lowest BCUT2D eigenvalue weighted by molar-refractivity contribution is -0.132. The highest BCUT2D eigenvalue weighted by Crippen LogP contribution is 2.25. The maximum absolute atomic E-state index is 12.3. The van der Waals surface area contributed by atoms with Gasteiger partial charge in [-0.3, -0.25) is 9.89 Å². The Morgan fingerprint density at radius 2 is 2.18 bits per heavy atom. The van der Waals surface area contributed by atoms with Crippen molar-refractivity contribution in [1.82, 2.24) is 15.1 Å². The normalized spacial score (nSPS) is 18.2. The van der Waals surface area contributed by atoms with Crippen molar-refractivity contribution >= 4 is 5.91 Å². The Labute approximate surface area is 130 Å². The van der Waals surface area contributed by atoms with E-state index in [-0.39, 0.29) is 5.91 Å². The molecule has 0 radical (unpaired) electrons. The van der Waals surface area contributed by atoms with Gasteiger partial charge in [-0.2, -0.15) is 5.10 Å². The van der Waals surface area contributed by atoms with E-state index in [1.165, 1.54) is 0 Å². The SMILES string of the molecule is O=C(CCOc1ccccc1)N1CCC[C@H](c2ccn[nH]2)C1. The summed E-state index contributed by atoms with van der Waals surface area (Å²) >= 11 is 0. The molecule has 1 aliphatic heterocycles. The topological polar surface area (TPSA) is 58.2 Å². The highest BCUT2D eigenvalue weighted by Gasteiger charge is 2.25. The number of para-hydroxylation sites is 1. The quantitative estimate of drug-likeness (QED) is 0.923. The molecule has 2 aromatic rings. The Morgan fingerprint density at radius 1 is 1.32 bits per heavy atom. The van der Waals surface area contributed by atoms with Crippen LogP contribution in [-0.4, -0.2) is 40.7 Å². The van der Waals surface area contributed by atoms with Crippen LogP contribution in [0, 0.1) is 0 Å². The van der Waals surface area contributed by atoms with Gasteiger partial charge in [-0.25, -0.2) is 0 Å². The molecular weight excluding hydrogens is 278 g/mol. The van der Waals surface area contributed by atoms with Crippen molar-refractivity contribution in [2.75, 3.05) is 19.7 Å². The minimum atomic E-state index is 0.167. The first-order valence-electron chi connectivity index (χ1n) is 7.78. The zero-order valence-corrected chi connectivity index (χ0v) is 12.6. The summed E-state index contributed by atoms with van der Waals surface area (Å²) in [6.45, 7) is 2.04. The minimum absolute atomic E-state index is 0.167. The first kappa shape index (κ1) is 14.6. The molecule has 5 heteroatoms. The molecule has 0 spiro atoms. The molecule has 116 valence electrons. The van der Waals surface area contributed by atoms with Gasteiger partial charge in [0.2, 0.25) is 5.91 Å². The van der Waals surface area contributed by atoms with Gasteiger partial charge >= 0.3 is 0 Å². The molecule has 3 rings (SSSR count). The van der Waals surface area contributed by atoms with Crippen LogP contribution in [0.1, 0.15) is 30.9 Å². The molecule has 22 heavy (non-hydrogen) atoms. The summed E-state index contributed by atoms with van der Waals surface area (Å²) in [5, 5.41) is 7.02. The second kappa shape index (κ2) is 7.11. The summed E-state index contributed by atoms with van der Waals surface area (Å²) in [6, 6.07) is 11.6. The summed E-state index contributed by atoms with van der Waals surface area (Å²) in [5.41, 5.74) is 1.12. The van der Waals surface area contributed by atoms with Gasteiger partial charge in [0.05, 0.1) is 13.0 Å². The molecular formula is C17H21N3O2. The molecule has 1 fully saturated rings. The fraction of sp³-hybridized carbons (Fsp3) is 0.412. The molecule has 1 aliphatic rings. The van der Waals surface area contributed by atoms with Crippen LogP contribution < -0.4 is 4.74 Å². The number of benzene rings is 1. The van der Waals surface area contributed by atoms with Crippen LogP contribution >= 0.6 is 0 Å². The van der Waals surface area contributed by atoms with Gasteiger partial charge in [0.15, 0.2) is 0 Å². The third-order valence-electron chi connectivity index (χ3n) is 4.06. The molecule has 0 bridgehead atoms. The minimum Gasteiger partial charge on any atom is -0.493 e. The van der Waals surface area contributed by atoms with Crippen LogP contribution in [0.4, 0.5) is 0 Å². The largest absolute Gasteiger partial charge is 0.493 e. The summed E-state index contributed by atoms with van der Waals surface area (Å²) in [4.78, 5) is 14.3. The van der Waals surface area contributed by atoms with E-state index in [2.05, 4.69) is 10.2 Å². The molecule has 1 atom stereocenters. The average Bonchev–Trinajstić information content (AvgIpc) is 3.10. The molecule has 2 heterocycles. The van der Waals surface area contributed by atoms with Gasteiger partial charge in [0.25, 0.3) is 0 Å². The lowest BCUT2D eigenvalue weighted by atomic mass is 9.95. The number of aromatic nitrogens is 2. The van der Waals surface area contributed by atoms with Gasteiger partial charge in [-0.1, -0.05) is 18.2 Å². The number of nitrogens with zero attached hydrogens (tertiary/aromatic N) is 2. The van der Waals surface area contributed by atoms with Crippen molar-refractivity contribution in [3.8, 4) is 5.75 Å². The second-order valence-electron chi connectivity index (χ2n) is 5.60. The van der Waals surface area contributed by atoms with Crippen molar-refractivity contribution in [1.29, 1.82) is 0 Å². The van der Waals surface area contributed by atoms with Crippen molar-refractivity contribution in [2.45, 2.75) is 25.2 Å². The maximum Gasteiger partial charge on any atom is 0.226 e. The molecule has 1 aromatic heterocycles. The number of rotatable bonds is 5. The Bertz CT molecular complexity index is 583. The number of aromatic amines is 1. The van der Waals surface area contributed by atoms with E-state index < -0.39 is 0 Å². The van der Waals surface area contributed by atoms with Crippen molar-refractivity contribution in [3.63, 3.8) is 0 Å². The summed E-state index contributed by atoms with van der Waals surface area (Å²) < 4.78 is 5.60. The monoisotopic (exact) mass is 299 g/mol. The van der Waals surface area contributed by atoms with Crippen LogP contribution in [0.2, 0.25) is 0 Å². The molecule has 1 amide bonds. The molecule has 1 N–H and O–H groups in total. The van der Waals surface area contributed by atoms with E-state index in [1.807, 2.05) is 41.3 Å². The van der Waals surface area contributed by atoms with Crippen LogP contribution in [0.25, 0.3) is 0 Å². The number of H-pyrrole nitrogens is 1. The molecule has 0 saturated carbocycles. The summed E-state index contributed by atoms with van der Waals surface area (Å²) in [5.74, 6) is 1.35. The smallest absolute Gasteiger partial charge is 0.226 e. The number of ether oxygens (including phenoxy) is 1. The highest BCUT2D eigenvalue weighted by atomic mass is 16.5. The third-order valence-corrected chi connectivity index (χ3v) is 4.06. The lowest BCUT2D eigenvalue weighted by Gasteiger charge is -2.32. The number of hydrogen-bond donors (Lipinski definition) is 1. The zero-order valence-electron chi connectivity index (χ0n) is 12.6. The fourth-order valence-corrected chi connectivity index (χ4v) is 2.88. The van der Waals surface area contributed by atoms with Crippen LogP contribution in [-0.2, 0) is 4.79 Å². The van der Waals surface area contributed by atoms with Gasteiger partial charge in [-0.05, 0) is 31.0 Å². The Morgan fingerprint density at radius 3 is 2.95 bits per heavy atom. The van der Waals surface area contributed by atoms with Crippen molar-refractivity contribution in [2.24, 2.45) is 0 Å². The van der Waals surface area contributed by atoms with E-state index >= 15 is 0 Å². The highest BCUT2D eigenvalue weighted by molar-refractivity contribution is 5.76. The zero-order chi connectivity index (χ0) is 15.2. The van der Waals surface area contributed by atoms with Gasteiger partial charge < -0.3 is 9.64 Å². The number of carbonyl (C=O) groups is 1. The van der Waals surface area contributed by atoms with Crippen LogP contribution in [0.3, 0.4) is 0 Å². The summed E-state index contributed by atoms with van der Waals surface area (Å²) in [7, 11) is 0. The Balaban J connectivity index is 1.47.